The van der Waals surface area contributed by atoms with Crippen LogP contribution < -0.4 is 10.1 Å². The Balaban J connectivity index is 1.28. The lowest BCUT2D eigenvalue weighted by Crippen LogP contribution is -2.30. The maximum absolute atomic E-state index is 14.0. The molecule has 4 aromatic carbocycles. The highest BCUT2D eigenvalue weighted by atomic mass is 127. The molecule has 1 N–H and O–H groups in total. The molecule has 1 fully saturated rings. The molecule has 0 saturated carbocycles. The maximum Gasteiger partial charge on any atom is 0.329 e. The summed E-state index contributed by atoms with van der Waals surface area (Å²) in [6, 6.07) is 25.5. The van der Waals surface area contributed by atoms with Crippen molar-refractivity contribution < 1.29 is 18.7 Å². The molecule has 1 aliphatic rings. The summed E-state index contributed by atoms with van der Waals surface area (Å²) in [6.45, 7) is 0.300. The van der Waals surface area contributed by atoms with E-state index in [4.69, 9.17) is 4.74 Å². The van der Waals surface area contributed by atoms with E-state index in [0.29, 0.717) is 6.61 Å². The Morgan fingerprint density at radius 2 is 1.69 bits per heavy atom. The van der Waals surface area contributed by atoms with Gasteiger partial charge in [0.1, 0.15) is 23.9 Å². The van der Waals surface area contributed by atoms with Crippen LogP contribution in [-0.4, -0.2) is 16.8 Å². The van der Waals surface area contributed by atoms with E-state index in [1.165, 1.54) is 11.5 Å². The summed E-state index contributed by atoms with van der Waals surface area (Å²) in [5.74, 6) is -0.229. The fourth-order valence-corrected chi connectivity index (χ4v) is 4.59. The molecular formula is C28H20FIN2O3. The van der Waals surface area contributed by atoms with Crippen LogP contribution in [0, 0.1) is 9.39 Å². The number of carbonyl (C=O) groups is 2. The third kappa shape index (κ3) is 5.05. The van der Waals surface area contributed by atoms with Crippen LogP contribution in [0.5, 0.6) is 5.75 Å². The number of hydrogen-bond acceptors (Lipinski definition) is 3. The molecule has 0 bridgehead atoms. The third-order valence-corrected chi connectivity index (χ3v) is 6.57. The number of nitrogens with one attached hydrogen (secondary N) is 1. The lowest BCUT2D eigenvalue weighted by atomic mass is 10.1. The van der Waals surface area contributed by atoms with Crippen molar-refractivity contribution in [1.29, 1.82) is 0 Å². The summed E-state index contributed by atoms with van der Waals surface area (Å²) in [5.41, 5.74) is 2.23. The average Bonchev–Trinajstić information content (AvgIpc) is 3.12. The van der Waals surface area contributed by atoms with Crippen molar-refractivity contribution in [3.8, 4) is 5.75 Å². The molecule has 4 aromatic rings. The highest BCUT2D eigenvalue weighted by Crippen LogP contribution is 2.26. The molecule has 174 valence electrons. The Morgan fingerprint density at radius 3 is 2.49 bits per heavy atom. The van der Waals surface area contributed by atoms with Gasteiger partial charge < -0.3 is 10.1 Å². The molecule has 0 unspecified atom stereocenters. The van der Waals surface area contributed by atoms with Crippen LogP contribution in [0.4, 0.5) is 9.18 Å². The van der Waals surface area contributed by atoms with Gasteiger partial charge in [-0.15, -0.1) is 0 Å². The van der Waals surface area contributed by atoms with Crippen LogP contribution in [0.1, 0.15) is 16.7 Å². The molecule has 1 aliphatic heterocycles. The number of halogens is 2. The molecule has 3 amide bonds. The SMILES string of the molecule is O=C1N/C(=C/c2ccc(OCc3ccc4ccccc4c3)c(I)c2)C(=O)N1Cc1ccccc1F. The number of amides is 3. The monoisotopic (exact) mass is 578 g/mol. The van der Waals surface area contributed by atoms with Crippen molar-refractivity contribution in [3.05, 3.63) is 117 Å². The summed E-state index contributed by atoms with van der Waals surface area (Å²) in [5, 5.41) is 4.93. The van der Waals surface area contributed by atoms with Gasteiger partial charge in [-0.3, -0.25) is 9.69 Å². The molecule has 0 spiro atoms. The Hall–Kier alpha value is -3.72. The molecule has 1 heterocycles. The fourth-order valence-electron chi connectivity index (χ4n) is 3.89. The van der Waals surface area contributed by atoms with Gasteiger partial charge in [-0.25, -0.2) is 9.18 Å². The van der Waals surface area contributed by atoms with E-state index in [9.17, 15) is 14.0 Å². The van der Waals surface area contributed by atoms with Gasteiger partial charge in [-0.05, 0) is 74.8 Å². The number of urea groups is 1. The Bertz CT molecular complexity index is 1480. The van der Waals surface area contributed by atoms with E-state index < -0.39 is 17.8 Å². The summed E-state index contributed by atoms with van der Waals surface area (Å²) < 4.78 is 20.9. The third-order valence-electron chi connectivity index (χ3n) is 5.72. The topological polar surface area (TPSA) is 58.6 Å². The Kier molecular flexibility index (Phi) is 6.50. The minimum Gasteiger partial charge on any atom is -0.488 e. The normalized spacial score (nSPS) is 14.6. The smallest absolute Gasteiger partial charge is 0.329 e. The zero-order valence-corrected chi connectivity index (χ0v) is 20.7. The lowest BCUT2D eigenvalue weighted by molar-refractivity contribution is -0.123. The van der Waals surface area contributed by atoms with Crippen LogP contribution in [0.3, 0.4) is 0 Å². The highest BCUT2D eigenvalue weighted by Gasteiger charge is 2.34. The molecule has 5 rings (SSSR count). The first-order chi connectivity index (χ1) is 17.0. The molecule has 1 saturated heterocycles. The van der Waals surface area contributed by atoms with Crippen molar-refractivity contribution in [2.45, 2.75) is 13.2 Å². The predicted molar refractivity (Wildman–Crippen MR) is 141 cm³/mol. The van der Waals surface area contributed by atoms with Gasteiger partial charge in [-0.2, -0.15) is 0 Å². The van der Waals surface area contributed by atoms with Crippen molar-refractivity contribution >= 4 is 51.4 Å². The van der Waals surface area contributed by atoms with Crippen LogP contribution in [0.25, 0.3) is 16.8 Å². The molecular weight excluding hydrogens is 558 g/mol. The number of carbonyl (C=O) groups excluding carboxylic acids is 2. The Morgan fingerprint density at radius 1 is 0.914 bits per heavy atom. The molecule has 0 aromatic heterocycles. The van der Waals surface area contributed by atoms with Gasteiger partial charge in [-0.1, -0.05) is 60.7 Å². The van der Waals surface area contributed by atoms with Crippen LogP contribution >= 0.6 is 22.6 Å². The molecule has 0 atom stereocenters. The van der Waals surface area contributed by atoms with Gasteiger partial charge in [0.25, 0.3) is 5.91 Å². The quantitative estimate of drug-likeness (QED) is 0.167. The van der Waals surface area contributed by atoms with E-state index in [1.54, 1.807) is 24.3 Å². The number of nitrogens with zero attached hydrogens (tertiary/aromatic N) is 1. The summed E-state index contributed by atoms with van der Waals surface area (Å²) >= 11 is 2.18. The second-order valence-electron chi connectivity index (χ2n) is 8.13. The van der Waals surface area contributed by atoms with Gasteiger partial charge in [0, 0.05) is 5.56 Å². The van der Waals surface area contributed by atoms with Crippen molar-refractivity contribution in [1.82, 2.24) is 10.2 Å². The summed E-state index contributed by atoms with van der Waals surface area (Å²) in [6.07, 6.45) is 1.61. The van der Waals surface area contributed by atoms with E-state index in [0.717, 1.165) is 30.7 Å². The predicted octanol–water partition coefficient (Wildman–Crippen LogP) is 6.26. The first kappa shape index (κ1) is 23.0. The van der Waals surface area contributed by atoms with E-state index in [-0.39, 0.29) is 17.8 Å². The second-order valence-corrected chi connectivity index (χ2v) is 9.29. The second kappa shape index (κ2) is 9.87. The first-order valence-electron chi connectivity index (χ1n) is 11.0. The Labute approximate surface area is 215 Å². The fraction of sp³-hybridized carbons (Fsp3) is 0.0714. The van der Waals surface area contributed by atoms with Crippen LogP contribution in [0.2, 0.25) is 0 Å². The van der Waals surface area contributed by atoms with Gasteiger partial charge in [0.2, 0.25) is 0 Å². The number of rotatable bonds is 6. The molecule has 0 aliphatic carbocycles. The lowest BCUT2D eigenvalue weighted by Gasteiger charge is -2.12. The number of imide groups is 1. The average molecular weight is 578 g/mol. The molecule has 5 nitrogen and oxygen atoms in total. The molecule has 7 heteroatoms. The van der Waals surface area contributed by atoms with Gasteiger partial charge >= 0.3 is 6.03 Å². The number of ether oxygens (including phenoxy) is 1. The first-order valence-corrected chi connectivity index (χ1v) is 12.0. The minimum absolute atomic E-state index is 0.131. The largest absolute Gasteiger partial charge is 0.488 e. The number of fused-ring (bicyclic) bond motifs is 1. The van der Waals surface area contributed by atoms with Gasteiger partial charge in [0.05, 0.1) is 10.1 Å². The van der Waals surface area contributed by atoms with Crippen molar-refractivity contribution in [3.63, 3.8) is 0 Å². The van der Waals surface area contributed by atoms with Crippen molar-refractivity contribution in [2.75, 3.05) is 0 Å². The highest BCUT2D eigenvalue weighted by molar-refractivity contribution is 14.1. The number of benzene rings is 4. The van der Waals surface area contributed by atoms with E-state index in [2.05, 4.69) is 58.2 Å². The van der Waals surface area contributed by atoms with Gasteiger partial charge in [0.15, 0.2) is 0 Å². The standard InChI is InChI=1S/C28H20FIN2O3/c29-23-8-4-3-7-22(23)16-32-27(33)25(31-28(32)34)15-18-10-12-26(24(30)14-18)35-17-19-9-11-20-5-1-2-6-21(20)13-19/h1-15H,16-17H2,(H,31,34)/b25-15+. The maximum atomic E-state index is 14.0. The molecule has 0 radical (unpaired) electrons. The number of hydrogen-bond donors (Lipinski definition) is 1. The van der Waals surface area contributed by atoms with Crippen molar-refractivity contribution in [2.24, 2.45) is 0 Å². The zero-order chi connectivity index (χ0) is 24.4. The van der Waals surface area contributed by atoms with Crippen LogP contribution in [-0.2, 0) is 17.9 Å². The van der Waals surface area contributed by atoms with E-state index in [1.807, 2.05) is 30.3 Å². The van der Waals surface area contributed by atoms with Crippen LogP contribution in [0.15, 0.2) is 90.6 Å². The zero-order valence-electron chi connectivity index (χ0n) is 18.5. The summed E-state index contributed by atoms with van der Waals surface area (Å²) in [4.78, 5) is 26.1. The molecule has 35 heavy (non-hydrogen) atoms. The minimum atomic E-state index is -0.575. The summed E-state index contributed by atoms with van der Waals surface area (Å²) in [7, 11) is 0. The van der Waals surface area contributed by atoms with E-state index >= 15 is 0 Å².